The number of aliphatic hydroxyl groups excluding tert-OH is 1. The second-order valence-electron chi connectivity index (χ2n) is 4.55. The van der Waals surface area contributed by atoms with Crippen molar-refractivity contribution in [3.8, 4) is 0 Å². The van der Waals surface area contributed by atoms with E-state index in [0.717, 1.165) is 10.7 Å². The van der Waals surface area contributed by atoms with Gasteiger partial charge in [0.25, 0.3) is 0 Å². The summed E-state index contributed by atoms with van der Waals surface area (Å²) < 4.78 is 15.4. The summed E-state index contributed by atoms with van der Waals surface area (Å²) in [6.45, 7) is 1.70. The van der Waals surface area contributed by atoms with Crippen molar-refractivity contribution in [1.29, 1.82) is 0 Å². The fourth-order valence-electron chi connectivity index (χ4n) is 2.01. The van der Waals surface area contributed by atoms with E-state index < -0.39 is 6.10 Å². The largest absolute Gasteiger partial charge is 0.388 e. The van der Waals surface area contributed by atoms with Gasteiger partial charge in [-0.1, -0.05) is 12.1 Å². The first-order chi connectivity index (χ1) is 9.13. The summed E-state index contributed by atoms with van der Waals surface area (Å²) in [6, 6.07) is 4.82. The molecule has 0 amide bonds. The average molecular weight is 276 g/mol. The van der Waals surface area contributed by atoms with Gasteiger partial charge in [0.05, 0.1) is 11.8 Å². The molecular formula is C14H13FN2OS. The molecule has 1 unspecified atom stereocenters. The Balaban J connectivity index is 1.82. The molecule has 3 rings (SSSR count). The number of halogens is 1. The number of hydrogen-bond acceptors (Lipinski definition) is 3. The second kappa shape index (κ2) is 4.75. The molecule has 0 aliphatic heterocycles. The van der Waals surface area contributed by atoms with Gasteiger partial charge in [-0.3, -0.25) is 4.40 Å². The minimum absolute atomic E-state index is 0.289. The van der Waals surface area contributed by atoms with Gasteiger partial charge < -0.3 is 5.11 Å². The summed E-state index contributed by atoms with van der Waals surface area (Å²) in [5.41, 5.74) is 1.97. The van der Waals surface area contributed by atoms with E-state index >= 15 is 0 Å². The van der Waals surface area contributed by atoms with Crippen molar-refractivity contribution in [3.63, 3.8) is 0 Å². The Labute approximate surface area is 114 Å². The Morgan fingerprint density at radius 3 is 3.05 bits per heavy atom. The van der Waals surface area contributed by atoms with Crippen LogP contribution >= 0.6 is 11.3 Å². The third-order valence-electron chi connectivity index (χ3n) is 3.13. The Morgan fingerprint density at radius 2 is 2.32 bits per heavy atom. The molecule has 0 saturated carbocycles. The Kier molecular flexibility index (Phi) is 3.08. The standard InChI is InChI=1S/C14H13FN2OS/c1-9-2-3-10(6-12(9)15)13(18)7-11-8-17-4-5-19-14(17)16-11/h2-6,8,13,18H,7H2,1H3. The zero-order valence-electron chi connectivity index (χ0n) is 10.4. The highest BCUT2D eigenvalue weighted by molar-refractivity contribution is 7.15. The topological polar surface area (TPSA) is 37.5 Å². The molecular weight excluding hydrogens is 263 g/mol. The van der Waals surface area contributed by atoms with E-state index in [9.17, 15) is 9.50 Å². The van der Waals surface area contributed by atoms with Crippen molar-refractivity contribution in [2.75, 3.05) is 0 Å². The van der Waals surface area contributed by atoms with Crippen LogP contribution in [0.2, 0.25) is 0 Å². The highest BCUT2D eigenvalue weighted by Crippen LogP contribution is 2.21. The number of aromatic nitrogens is 2. The van der Waals surface area contributed by atoms with Crippen molar-refractivity contribution < 1.29 is 9.50 Å². The molecule has 0 radical (unpaired) electrons. The molecule has 19 heavy (non-hydrogen) atoms. The number of aryl methyl sites for hydroxylation is 1. The van der Waals surface area contributed by atoms with E-state index in [-0.39, 0.29) is 5.82 Å². The first-order valence-corrected chi connectivity index (χ1v) is 6.86. The molecule has 2 aromatic heterocycles. The zero-order valence-corrected chi connectivity index (χ0v) is 11.2. The van der Waals surface area contributed by atoms with Crippen LogP contribution in [0.1, 0.15) is 22.9 Å². The van der Waals surface area contributed by atoms with Crippen LogP contribution in [0.3, 0.4) is 0 Å². The van der Waals surface area contributed by atoms with Crippen LogP contribution in [-0.4, -0.2) is 14.5 Å². The average Bonchev–Trinajstić information content (AvgIpc) is 2.93. The molecule has 0 spiro atoms. The Bertz CT molecular complexity index is 691. The molecule has 0 saturated heterocycles. The lowest BCUT2D eigenvalue weighted by Gasteiger charge is -2.10. The smallest absolute Gasteiger partial charge is 0.193 e. The molecule has 1 atom stereocenters. The third-order valence-corrected chi connectivity index (χ3v) is 3.90. The van der Waals surface area contributed by atoms with E-state index in [2.05, 4.69) is 4.98 Å². The van der Waals surface area contributed by atoms with Gasteiger partial charge in [0, 0.05) is 24.2 Å². The molecule has 1 N–H and O–H groups in total. The molecule has 0 bridgehead atoms. The lowest BCUT2D eigenvalue weighted by atomic mass is 10.0. The Hall–Kier alpha value is -1.72. The van der Waals surface area contributed by atoms with E-state index in [1.54, 1.807) is 30.4 Å². The van der Waals surface area contributed by atoms with Gasteiger partial charge in [0.1, 0.15) is 5.82 Å². The van der Waals surface area contributed by atoms with Crippen LogP contribution in [0.5, 0.6) is 0 Å². The molecule has 3 nitrogen and oxygen atoms in total. The van der Waals surface area contributed by atoms with Gasteiger partial charge >= 0.3 is 0 Å². The normalized spacial score (nSPS) is 13.0. The van der Waals surface area contributed by atoms with E-state index in [1.165, 1.54) is 6.07 Å². The number of fused-ring (bicyclic) bond motifs is 1. The van der Waals surface area contributed by atoms with Crippen LogP contribution in [0.25, 0.3) is 4.96 Å². The van der Waals surface area contributed by atoms with Crippen molar-refractivity contribution in [1.82, 2.24) is 9.38 Å². The predicted molar refractivity (Wildman–Crippen MR) is 72.9 cm³/mol. The predicted octanol–water partition coefficient (Wildman–Crippen LogP) is 3.12. The number of aliphatic hydroxyl groups is 1. The number of nitrogens with zero attached hydrogens (tertiary/aromatic N) is 2. The van der Waals surface area contributed by atoms with Crippen molar-refractivity contribution in [2.45, 2.75) is 19.4 Å². The minimum Gasteiger partial charge on any atom is -0.388 e. The second-order valence-corrected chi connectivity index (χ2v) is 5.43. The summed E-state index contributed by atoms with van der Waals surface area (Å²) in [4.78, 5) is 5.31. The molecule has 0 fully saturated rings. The molecule has 1 aromatic carbocycles. The van der Waals surface area contributed by atoms with Gasteiger partial charge in [-0.25, -0.2) is 9.37 Å². The highest BCUT2D eigenvalue weighted by atomic mass is 32.1. The fourth-order valence-corrected chi connectivity index (χ4v) is 2.73. The molecule has 5 heteroatoms. The summed E-state index contributed by atoms with van der Waals surface area (Å²) in [6.07, 6.45) is 3.46. The summed E-state index contributed by atoms with van der Waals surface area (Å²) in [5.74, 6) is -0.289. The number of imidazole rings is 1. The number of hydrogen-bond donors (Lipinski definition) is 1. The summed E-state index contributed by atoms with van der Waals surface area (Å²) in [5, 5.41) is 12.1. The summed E-state index contributed by atoms with van der Waals surface area (Å²) in [7, 11) is 0. The zero-order chi connectivity index (χ0) is 13.4. The lowest BCUT2D eigenvalue weighted by molar-refractivity contribution is 0.177. The maximum absolute atomic E-state index is 13.5. The molecule has 98 valence electrons. The van der Waals surface area contributed by atoms with Crippen LogP contribution in [0.4, 0.5) is 4.39 Å². The molecule has 0 aliphatic rings. The monoisotopic (exact) mass is 276 g/mol. The van der Waals surface area contributed by atoms with Gasteiger partial charge in [0.2, 0.25) is 0 Å². The summed E-state index contributed by atoms with van der Waals surface area (Å²) >= 11 is 1.55. The highest BCUT2D eigenvalue weighted by Gasteiger charge is 2.13. The maximum atomic E-state index is 13.5. The van der Waals surface area contributed by atoms with Crippen LogP contribution in [0.15, 0.2) is 36.0 Å². The molecule has 3 aromatic rings. The Morgan fingerprint density at radius 1 is 1.47 bits per heavy atom. The quantitative estimate of drug-likeness (QED) is 0.798. The van der Waals surface area contributed by atoms with Gasteiger partial charge in [-0.2, -0.15) is 0 Å². The first kappa shape index (κ1) is 12.3. The minimum atomic E-state index is -0.736. The first-order valence-electron chi connectivity index (χ1n) is 5.98. The van der Waals surface area contributed by atoms with E-state index in [4.69, 9.17) is 0 Å². The van der Waals surface area contributed by atoms with Crippen LogP contribution in [0, 0.1) is 12.7 Å². The van der Waals surface area contributed by atoms with E-state index in [0.29, 0.717) is 17.5 Å². The lowest BCUT2D eigenvalue weighted by Crippen LogP contribution is -2.03. The number of thiazole rings is 1. The number of rotatable bonds is 3. The maximum Gasteiger partial charge on any atom is 0.193 e. The van der Waals surface area contributed by atoms with Crippen LogP contribution in [-0.2, 0) is 6.42 Å². The SMILES string of the molecule is Cc1ccc(C(O)Cc2cn3ccsc3n2)cc1F. The van der Waals surface area contributed by atoms with E-state index in [1.807, 2.05) is 22.2 Å². The van der Waals surface area contributed by atoms with Gasteiger partial charge in [-0.05, 0) is 24.1 Å². The molecule has 2 heterocycles. The van der Waals surface area contributed by atoms with Crippen molar-refractivity contribution in [3.05, 3.63) is 58.6 Å². The van der Waals surface area contributed by atoms with Crippen molar-refractivity contribution >= 4 is 16.3 Å². The van der Waals surface area contributed by atoms with Gasteiger partial charge in [-0.15, -0.1) is 11.3 Å². The third kappa shape index (κ3) is 2.39. The van der Waals surface area contributed by atoms with Crippen LogP contribution < -0.4 is 0 Å². The molecule has 0 aliphatic carbocycles. The number of benzene rings is 1. The fraction of sp³-hybridized carbons (Fsp3) is 0.214. The van der Waals surface area contributed by atoms with Crippen molar-refractivity contribution in [2.24, 2.45) is 0 Å². The van der Waals surface area contributed by atoms with Gasteiger partial charge in [0.15, 0.2) is 4.96 Å².